The predicted octanol–water partition coefficient (Wildman–Crippen LogP) is 3.29. The number of nitrogen functional groups attached to an aromatic ring is 1. The minimum Gasteiger partial charge on any atom is -0.396 e. The summed E-state index contributed by atoms with van der Waals surface area (Å²) in [5.41, 5.74) is 9.51. The maximum absolute atomic E-state index is 6.09. The molecule has 0 aliphatic carbocycles. The van der Waals surface area contributed by atoms with Crippen LogP contribution >= 0.6 is 0 Å². The Morgan fingerprint density at radius 2 is 1.95 bits per heavy atom. The summed E-state index contributed by atoms with van der Waals surface area (Å²) in [6, 6.07) is 10.3. The third kappa shape index (κ3) is 2.54. The van der Waals surface area contributed by atoms with Crippen LogP contribution < -0.4 is 5.73 Å². The van der Waals surface area contributed by atoms with Crippen LogP contribution in [-0.4, -0.2) is 19.6 Å². The molecule has 0 fully saturated rings. The Bertz CT molecular complexity index is 726. The van der Waals surface area contributed by atoms with Gasteiger partial charge in [0.05, 0.1) is 17.6 Å². The molecule has 2 N–H and O–H groups in total. The first-order valence-corrected chi connectivity index (χ1v) is 7.14. The molecule has 21 heavy (non-hydrogen) atoms. The standard InChI is InChI=1S/C16H19N5/c1-3-12(2)20-11-15(17)16(19-20)13-9-18-21(10-13)14-7-5-4-6-8-14/h4-12H,3,17H2,1-2H3. The van der Waals surface area contributed by atoms with E-state index in [2.05, 4.69) is 24.0 Å². The maximum atomic E-state index is 6.09. The average Bonchev–Trinajstić information content (AvgIpc) is 3.14. The van der Waals surface area contributed by atoms with Crippen molar-refractivity contribution in [2.24, 2.45) is 0 Å². The van der Waals surface area contributed by atoms with Crippen molar-refractivity contribution in [3.63, 3.8) is 0 Å². The molecule has 3 rings (SSSR count). The van der Waals surface area contributed by atoms with Gasteiger partial charge in [-0.05, 0) is 25.5 Å². The van der Waals surface area contributed by atoms with Gasteiger partial charge < -0.3 is 5.73 Å². The smallest absolute Gasteiger partial charge is 0.118 e. The van der Waals surface area contributed by atoms with E-state index < -0.39 is 0 Å². The van der Waals surface area contributed by atoms with Crippen molar-refractivity contribution >= 4 is 5.69 Å². The third-order valence-electron chi connectivity index (χ3n) is 3.68. The highest BCUT2D eigenvalue weighted by molar-refractivity contribution is 5.71. The van der Waals surface area contributed by atoms with Crippen molar-refractivity contribution in [3.05, 3.63) is 48.9 Å². The molecule has 0 aliphatic heterocycles. The fourth-order valence-corrected chi connectivity index (χ4v) is 2.21. The largest absolute Gasteiger partial charge is 0.396 e. The van der Waals surface area contributed by atoms with Crippen LogP contribution in [0.25, 0.3) is 16.9 Å². The second-order valence-electron chi connectivity index (χ2n) is 5.18. The van der Waals surface area contributed by atoms with E-state index in [1.165, 1.54) is 0 Å². The van der Waals surface area contributed by atoms with Gasteiger partial charge in [0.15, 0.2) is 0 Å². The van der Waals surface area contributed by atoms with Gasteiger partial charge in [0.25, 0.3) is 0 Å². The number of hydrogen-bond donors (Lipinski definition) is 1. The van der Waals surface area contributed by atoms with E-state index in [0.29, 0.717) is 11.7 Å². The molecule has 2 aromatic heterocycles. The lowest BCUT2D eigenvalue weighted by Crippen LogP contribution is -2.03. The number of anilines is 1. The predicted molar refractivity (Wildman–Crippen MR) is 84.2 cm³/mol. The number of nitrogens with two attached hydrogens (primary N) is 1. The van der Waals surface area contributed by atoms with Gasteiger partial charge in [-0.2, -0.15) is 10.2 Å². The molecule has 0 amide bonds. The van der Waals surface area contributed by atoms with Crippen LogP contribution in [0.1, 0.15) is 26.3 Å². The summed E-state index contributed by atoms with van der Waals surface area (Å²) in [4.78, 5) is 0. The summed E-state index contributed by atoms with van der Waals surface area (Å²) in [7, 11) is 0. The molecule has 108 valence electrons. The Morgan fingerprint density at radius 1 is 1.19 bits per heavy atom. The number of nitrogens with zero attached hydrogens (tertiary/aromatic N) is 4. The lowest BCUT2D eigenvalue weighted by atomic mass is 10.2. The van der Waals surface area contributed by atoms with Crippen LogP contribution in [0.15, 0.2) is 48.9 Å². The second kappa shape index (κ2) is 5.44. The van der Waals surface area contributed by atoms with Gasteiger partial charge in [0, 0.05) is 24.0 Å². The summed E-state index contributed by atoms with van der Waals surface area (Å²) in [5, 5.41) is 8.99. The summed E-state index contributed by atoms with van der Waals surface area (Å²) in [6.07, 6.45) is 6.66. The fraction of sp³-hybridized carbons (Fsp3) is 0.250. The van der Waals surface area contributed by atoms with Crippen LogP contribution in [0.2, 0.25) is 0 Å². The molecule has 3 aromatic rings. The molecule has 0 aliphatic rings. The van der Waals surface area contributed by atoms with Gasteiger partial charge >= 0.3 is 0 Å². The second-order valence-corrected chi connectivity index (χ2v) is 5.18. The number of benzene rings is 1. The van der Waals surface area contributed by atoms with Crippen molar-refractivity contribution in [1.29, 1.82) is 0 Å². The van der Waals surface area contributed by atoms with Crippen LogP contribution in [-0.2, 0) is 0 Å². The summed E-state index contributed by atoms with van der Waals surface area (Å²) in [6.45, 7) is 4.26. The molecule has 1 unspecified atom stereocenters. The minimum atomic E-state index is 0.338. The van der Waals surface area contributed by atoms with E-state index in [1.54, 1.807) is 6.20 Å². The van der Waals surface area contributed by atoms with Gasteiger partial charge in [0.2, 0.25) is 0 Å². The SMILES string of the molecule is CCC(C)n1cc(N)c(-c2cnn(-c3ccccc3)c2)n1. The van der Waals surface area contributed by atoms with E-state index in [9.17, 15) is 0 Å². The summed E-state index contributed by atoms with van der Waals surface area (Å²) < 4.78 is 3.75. The molecule has 5 nitrogen and oxygen atoms in total. The van der Waals surface area contributed by atoms with E-state index >= 15 is 0 Å². The molecule has 5 heteroatoms. The fourth-order valence-electron chi connectivity index (χ4n) is 2.21. The van der Waals surface area contributed by atoms with Gasteiger partial charge in [0.1, 0.15) is 5.69 Å². The number of hydrogen-bond acceptors (Lipinski definition) is 3. The highest BCUT2D eigenvalue weighted by Gasteiger charge is 2.13. The Balaban J connectivity index is 1.95. The zero-order chi connectivity index (χ0) is 14.8. The molecular formula is C16H19N5. The Morgan fingerprint density at radius 3 is 2.67 bits per heavy atom. The molecule has 2 heterocycles. The first-order valence-electron chi connectivity index (χ1n) is 7.14. The summed E-state index contributed by atoms with van der Waals surface area (Å²) in [5.74, 6) is 0. The van der Waals surface area contributed by atoms with E-state index in [-0.39, 0.29) is 0 Å². The van der Waals surface area contributed by atoms with Crippen molar-refractivity contribution < 1.29 is 0 Å². The lowest BCUT2D eigenvalue weighted by molar-refractivity contribution is 0.479. The van der Waals surface area contributed by atoms with Crippen LogP contribution in [0.3, 0.4) is 0 Å². The van der Waals surface area contributed by atoms with Gasteiger partial charge in [-0.1, -0.05) is 25.1 Å². The van der Waals surface area contributed by atoms with Crippen LogP contribution in [0, 0.1) is 0 Å². The molecule has 0 saturated carbocycles. The Labute approximate surface area is 124 Å². The van der Waals surface area contributed by atoms with E-state index in [4.69, 9.17) is 5.73 Å². The number of rotatable bonds is 4. The molecular weight excluding hydrogens is 262 g/mol. The highest BCUT2D eigenvalue weighted by Crippen LogP contribution is 2.26. The molecule has 0 radical (unpaired) electrons. The molecule has 1 aromatic carbocycles. The Hall–Kier alpha value is -2.56. The first-order chi connectivity index (χ1) is 10.2. The maximum Gasteiger partial charge on any atom is 0.118 e. The van der Waals surface area contributed by atoms with Gasteiger partial charge in [-0.15, -0.1) is 0 Å². The van der Waals surface area contributed by atoms with E-state index in [1.807, 2.05) is 52.1 Å². The lowest BCUT2D eigenvalue weighted by Gasteiger charge is -2.07. The first kappa shape index (κ1) is 13.4. The third-order valence-corrected chi connectivity index (χ3v) is 3.68. The molecule has 0 spiro atoms. The molecule has 0 bridgehead atoms. The van der Waals surface area contributed by atoms with Gasteiger partial charge in [-0.25, -0.2) is 4.68 Å². The number of para-hydroxylation sites is 1. The monoisotopic (exact) mass is 281 g/mol. The quantitative estimate of drug-likeness (QED) is 0.798. The van der Waals surface area contributed by atoms with Crippen molar-refractivity contribution in [3.8, 4) is 16.9 Å². The molecule has 0 saturated heterocycles. The highest BCUT2D eigenvalue weighted by atomic mass is 15.3. The molecule has 1 atom stereocenters. The van der Waals surface area contributed by atoms with Crippen molar-refractivity contribution in [2.75, 3.05) is 5.73 Å². The van der Waals surface area contributed by atoms with Crippen molar-refractivity contribution in [2.45, 2.75) is 26.3 Å². The topological polar surface area (TPSA) is 61.7 Å². The summed E-state index contributed by atoms with van der Waals surface area (Å²) >= 11 is 0. The zero-order valence-electron chi connectivity index (χ0n) is 12.3. The average molecular weight is 281 g/mol. The van der Waals surface area contributed by atoms with Crippen LogP contribution in [0.4, 0.5) is 5.69 Å². The van der Waals surface area contributed by atoms with Crippen molar-refractivity contribution in [1.82, 2.24) is 19.6 Å². The minimum absolute atomic E-state index is 0.338. The zero-order valence-corrected chi connectivity index (χ0v) is 12.3. The number of aromatic nitrogens is 4. The van der Waals surface area contributed by atoms with Gasteiger partial charge in [-0.3, -0.25) is 4.68 Å². The van der Waals surface area contributed by atoms with E-state index in [0.717, 1.165) is 23.4 Å². The Kier molecular flexibility index (Phi) is 3.48. The van der Waals surface area contributed by atoms with Crippen LogP contribution in [0.5, 0.6) is 0 Å². The normalized spacial score (nSPS) is 12.5.